The highest BCUT2D eigenvalue weighted by Gasteiger charge is 2.07. The molecule has 0 aromatic rings. The van der Waals surface area contributed by atoms with E-state index in [1.807, 2.05) is 0 Å². The van der Waals surface area contributed by atoms with E-state index in [9.17, 15) is 4.79 Å². The fourth-order valence-corrected chi connectivity index (χ4v) is 0.703. The van der Waals surface area contributed by atoms with E-state index in [0.29, 0.717) is 25.0 Å². The summed E-state index contributed by atoms with van der Waals surface area (Å²) in [6.45, 7) is 0. The first-order chi connectivity index (χ1) is 3.79. The van der Waals surface area contributed by atoms with Gasteiger partial charge in [0.25, 0.3) is 0 Å². The molecular formula is C6H8O2. The molecule has 0 saturated carbocycles. The van der Waals surface area contributed by atoms with Gasteiger partial charge in [0.2, 0.25) is 0 Å². The molecular weight excluding hydrogens is 104 g/mol. The summed E-state index contributed by atoms with van der Waals surface area (Å²) in [6.07, 6.45) is 3.05. The summed E-state index contributed by atoms with van der Waals surface area (Å²) in [5.41, 5.74) is 0. The molecule has 8 heavy (non-hydrogen) atoms. The molecule has 1 rings (SSSR count). The molecule has 0 amide bonds. The SMILES string of the molecule is O=C1CC=C(O)CC1. The molecule has 0 atom stereocenters. The minimum atomic E-state index is 0.225. The zero-order chi connectivity index (χ0) is 5.98. The van der Waals surface area contributed by atoms with E-state index in [-0.39, 0.29) is 5.78 Å². The van der Waals surface area contributed by atoms with Crippen LogP contribution in [0.4, 0.5) is 0 Å². The molecule has 0 saturated heterocycles. The van der Waals surface area contributed by atoms with Crippen molar-refractivity contribution in [2.45, 2.75) is 19.3 Å². The molecule has 1 aliphatic carbocycles. The van der Waals surface area contributed by atoms with Crippen LogP contribution in [0.25, 0.3) is 0 Å². The molecule has 0 unspecified atom stereocenters. The maximum atomic E-state index is 10.5. The van der Waals surface area contributed by atoms with Crippen LogP contribution < -0.4 is 0 Å². The van der Waals surface area contributed by atoms with E-state index < -0.39 is 0 Å². The van der Waals surface area contributed by atoms with Gasteiger partial charge in [-0.2, -0.15) is 0 Å². The van der Waals surface area contributed by atoms with Gasteiger partial charge >= 0.3 is 0 Å². The number of aliphatic hydroxyl groups is 1. The molecule has 0 heterocycles. The van der Waals surface area contributed by atoms with Crippen LogP contribution in [0, 0.1) is 0 Å². The van der Waals surface area contributed by atoms with Crippen LogP contribution in [0.5, 0.6) is 0 Å². The molecule has 2 heteroatoms. The fraction of sp³-hybridized carbons (Fsp3) is 0.500. The van der Waals surface area contributed by atoms with E-state index in [1.165, 1.54) is 0 Å². The molecule has 0 bridgehead atoms. The number of aliphatic hydroxyl groups excluding tert-OH is 1. The van der Waals surface area contributed by atoms with Gasteiger partial charge in [0.05, 0.1) is 5.76 Å². The number of ketones is 1. The summed E-state index contributed by atoms with van der Waals surface area (Å²) in [5.74, 6) is 0.590. The Bertz CT molecular complexity index is 135. The minimum Gasteiger partial charge on any atom is -0.513 e. The van der Waals surface area contributed by atoms with Crippen LogP contribution in [-0.4, -0.2) is 10.9 Å². The van der Waals surface area contributed by atoms with E-state index >= 15 is 0 Å². The van der Waals surface area contributed by atoms with Crippen molar-refractivity contribution in [3.05, 3.63) is 11.8 Å². The van der Waals surface area contributed by atoms with Crippen LogP contribution in [0.1, 0.15) is 19.3 Å². The minimum absolute atomic E-state index is 0.225. The van der Waals surface area contributed by atoms with Gasteiger partial charge in [0.1, 0.15) is 5.78 Å². The predicted octanol–water partition coefficient (Wildman–Crippen LogP) is 1.18. The number of hydrogen-bond acceptors (Lipinski definition) is 2. The summed E-state index contributed by atoms with van der Waals surface area (Å²) < 4.78 is 0. The smallest absolute Gasteiger partial charge is 0.137 e. The summed E-state index contributed by atoms with van der Waals surface area (Å²) in [7, 11) is 0. The Labute approximate surface area is 47.8 Å². The Morgan fingerprint density at radius 3 is 2.62 bits per heavy atom. The predicted molar refractivity (Wildman–Crippen MR) is 29.6 cm³/mol. The lowest BCUT2D eigenvalue weighted by molar-refractivity contribution is -0.118. The van der Waals surface area contributed by atoms with Crippen molar-refractivity contribution in [1.82, 2.24) is 0 Å². The Kier molecular flexibility index (Phi) is 1.33. The summed E-state index contributed by atoms with van der Waals surface area (Å²) in [4.78, 5) is 10.5. The first-order valence-electron chi connectivity index (χ1n) is 2.69. The molecule has 2 nitrogen and oxygen atoms in total. The van der Waals surface area contributed by atoms with Gasteiger partial charge < -0.3 is 5.11 Å². The van der Waals surface area contributed by atoms with Gasteiger partial charge in [-0.05, 0) is 6.08 Å². The van der Waals surface area contributed by atoms with Gasteiger partial charge in [-0.1, -0.05) is 0 Å². The molecule has 0 aromatic carbocycles. The first-order valence-corrected chi connectivity index (χ1v) is 2.69. The summed E-state index contributed by atoms with van der Waals surface area (Å²) in [5, 5.41) is 8.74. The van der Waals surface area contributed by atoms with Crippen molar-refractivity contribution >= 4 is 5.78 Å². The van der Waals surface area contributed by atoms with Crippen molar-refractivity contribution in [2.24, 2.45) is 0 Å². The second-order valence-electron chi connectivity index (χ2n) is 1.94. The van der Waals surface area contributed by atoms with Crippen molar-refractivity contribution in [3.8, 4) is 0 Å². The molecule has 0 aliphatic heterocycles. The highest BCUT2D eigenvalue weighted by atomic mass is 16.3. The van der Waals surface area contributed by atoms with Gasteiger partial charge in [-0.15, -0.1) is 0 Å². The third kappa shape index (κ3) is 1.09. The van der Waals surface area contributed by atoms with Gasteiger partial charge in [-0.25, -0.2) is 0 Å². The Morgan fingerprint density at radius 2 is 2.25 bits per heavy atom. The molecule has 44 valence electrons. The van der Waals surface area contributed by atoms with Crippen LogP contribution >= 0.6 is 0 Å². The van der Waals surface area contributed by atoms with Crippen molar-refractivity contribution < 1.29 is 9.90 Å². The average Bonchev–Trinajstić information content (AvgIpc) is 1.77. The van der Waals surface area contributed by atoms with Gasteiger partial charge in [0, 0.05) is 19.3 Å². The highest BCUT2D eigenvalue weighted by molar-refractivity contribution is 5.81. The Morgan fingerprint density at radius 1 is 1.50 bits per heavy atom. The maximum Gasteiger partial charge on any atom is 0.137 e. The molecule has 0 radical (unpaired) electrons. The number of carbonyl (C=O) groups excluding carboxylic acids is 1. The quantitative estimate of drug-likeness (QED) is 0.511. The van der Waals surface area contributed by atoms with Crippen LogP contribution in [0.15, 0.2) is 11.8 Å². The van der Waals surface area contributed by atoms with Crippen molar-refractivity contribution in [3.63, 3.8) is 0 Å². The van der Waals surface area contributed by atoms with Crippen LogP contribution in [-0.2, 0) is 4.79 Å². The molecule has 0 fully saturated rings. The number of Topliss-reactive ketones (excluding diaryl/α,β-unsaturated/α-hetero) is 1. The van der Waals surface area contributed by atoms with E-state index in [0.717, 1.165) is 0 Å². The van der Waals surface area contributed by atoms with Gasteiger partial charge in [0.15, 0.2) is 0 Å². The lowest BCUT2D eigenvalue weighted by Gasteiger charge is -2.03. The zero-order valence-corrected chi connectivity index (χ0v) is 4.55. The third-order valence-corrected chi connectivity index (χ3v) is 1.23. The number of carbonyl (C=O) groups is 1. The number of allylic oxidation sites excluding steroid dienone is 2. The monoisotopic (exact) mass is 112 g/mol. The summed E-state index contributed by atoms with van der Waals surface area (Å²) in [6, 6.07) is 0. The van der Waals surface area contributed by atoms with Crippen molar-refractivity contribution in [1.29, 1.82) is 0 Å². The standard InChI is InChI=1S/C6H8O2/c7-5-1-2-6(8)4-3-5/h1,7H,2-4H2. The molecule has 1 N–H and O–H groups in total. The second kappa shape index (κ2) is 1.99. The van der Waals surface area contributed by atoms with E-state index in [1.54, 1.807) is 6.08 Å². The normalized spacial score (nSPS) is 20.5. The Hall–Kier alpha value is -0.790. The van der Waals surface area contributed by atoms with E-state index in [2.05, 4.69) is 0 Å². The second-order valence-corrected chi connectivity index (χ2v) is 1.94. The maximum absolute atomic E-state index is 10.5. The lowest BCUT2D eigenvalue weighted by atomic mass is 10.1. The van der Waals surface area contributed by atoms with E-state index in [4.69, 9.17) is 5.11 Å². The lowest BCUT2D eigenvalue weighted by Crippen LogP contribution is -2.02. The van der Waals surface area contributed by atoms with Crippen LogP contribution in [0.3, 0.4) is 0 Å². The third-order valence-electron chi connectivity index (χ3n) is 1.23. The fourth-order valence-electron chi connectivity index (χ4n) is 0.703. The summed E-state index contributed by atoms with van der Waals surface area (Å²) >= 11 is 0. The number of hydrogen-bond donors (Lipinski definition) is 1. The molecule has 0 aromatic heterocycles. The largest absolute Gasteiger partial charge is 0.513 e. The zero-order valence-electron chi connectivity index (χ0n) is 4.55. The van der Waals surface area contributed by atoms with Gasteiger partial charge in [-0.3, -0.25) is 4.79 Å². The molecule has 1 aliphatic rings. The van der Waals surface area contributed by atoms with Crippen LogP contribution in [0.2, 0.25) is 0 Å². The van der Waals surface area contributed by atoms with Crippen molar-refractivity contribution in [2.75, 3.05) is 0 Å². The average molecular weight is 112 g/mol. The molecule has 0 spiro atoms. The number of rotatable bonds is 0. The Balaban J connectivity index is 2.55. The highest BCUT2D eigenvalue weighted by Crippen LogP contribution is 2.10. The topological polar surface area (TPSA) is 37.3 Å². The first kappa shape index (κ1) is 5.35.